The Morgan fingerprint density at radius 3 is 2.12 bits per heavy atom. The van der Waals surface area contributed by atoms with Gasteiger partial charge in [-0.2, -0.15) is 0 Å². The van der Waals surface area contributed by atoms with E-state index in [1.165, 1.54) is 0 Å². The number of nitrogens with one attached hydrogen (secondary N) is 1. The first-order chi connectivity index (χ1) is 11.9. The van der Waals surface area contributed by atoms with Crippen molar-refractivity contribution < 1.29 is 14.4 Å². The average molecular weight is 470 g/mol. The molecule has 5 nitrogen and oxygen atoms in total. The van der Waals surface area contributed by atoms with Crippen LogP contribution in [0.2, 0.25) is 0 Å². The Balaban J connectivity index is 1.47. The van der Waals surface area contributed by atoms with Crippen LogP contribution in [0.4, 0.5) is 5.69 Å². The normalized spacial score (nSPS) is 36.0. The number of imide groups is 1. The van der Waals surface area contributed by atoms with Crippen LogP contribution in [0.5, 0.6) is 0 Å². The van der Waals surface area contributed by atoms with Gasteiger partial charge in [-0.3, -0.25) is 19.3 Å². The molecule has 6 atom stereocenters. The topological polar surface area (TPSA) is 66.5 Å². The van der Waals surface area contributed by atoms with Crippen LogP contribution in [0.3, 0.4) is 0 Å². The average Bonchev–Trinajstić information content (AvgIpc) is 3.17. The molecule has 1 aromatic carbocycles. The summed E-state index contributed by atoms with van der Waals surface area (Å²) in [5.41, 5.74) is 1.76. The number of hydrogen-bond acceptors (Lipinski definition) is 3. The SMILES string of the molecule is Cc1ccc(NC(=O)CN2C(=O)[C@H]3[C@@H]4C[C@H]([C@@H](Br)[C@H]4Br)[C@@H]3C2=O)cc1. The molecule has 0 aromatic heterocycles. The van der Waals surface area contributed by atoms with E-state index in [2.05, 4.69) is 37.2 Å². The molecule has 3 amide bonds. The lowest BCUT2D eigenvalue weighted by molar-refractivity contribution is -0.143. The summed E-state index contributed by atoms with van der Waals surface area (Å²) in [6.07, 6.45) is 0.891. The molecule has 1 aromatic rings. The number of benzene rings is 1. The largest absolute Gasteiger partial charge is 0.325 e. The second-order valence-electron chi connectivity index (χ2n) is 7.18. The number of anilines is 1. The van der Waals surface area contributed by atoms with Crippen molar-refractivity contribution in [1.29, 1.82) is 0 Å². The van der Waals surface area contributed by atoms with Gasteiger partial charge in [0.1, 0.15) is 6.54 Å². The maximum Gasteiger partial charge on any atom is 0.244 e. The molecule has 1 heterocycles. The zero-order chi connectivity index (χ0) is 17.9. The third kappa shape index (κ3) is 2.67. The fourth-order valence-corrected chi connectivity index (χ4v) is 6.42. The highest BCUT2D eigenvalue weighted by molar-refractivity contribution is 9.12. The van der Waals surface area contributed by atoms with Crippen LogP contribution in [0, 0.1) is 30.6 Å². The second-order valence-corrected chi connectivity index (χ2v) is 9.30. The van der Waals surface area contributed by atoms with Crippen LogP contribution in [-0.2, 0) is 14.4 Å². The number of carbonyl (C=O) groups is 3. The van der Waals surface area contributed by atoms with Crippen LogP contribution in [-0.4, -0.2) is 38.8 Å². The fraction of sp³-hybridized carbons (Fsp3) is 0.500. The Hall–Kier alpha value is -1.21. The number of likely N-dealkylation sites (tertiary alicyclic amines) is 1. The predicted octanol–water partition coefficient (Wildman–Crippen LogP) is 2.71. The monoisotopic (exact) mass is 468 g/mol. The van der Waals surface area contributed by atoms with Crippen LogP contribution < -0.4 is 5.32 Å². The summed E-state index contributed by atoms with van der Waals surface area (Å²) in [7, 11) is 0. The third-order valence-corrected chi connectivity index (χ3v) is 8.92. The van der Waals surface area contributed by atoms with E-state index in [-0.39, 0.29) is 57.6 Å². The lowest BCUT2D eigenvalue weighted by Crippen LogP contribution is -2.39. The van der Waals surface area contributed by atoms with Gasteiger partial charge in [-0.15, -0.1) is 0 Å². The molecule has 25 heavy (non-hydrogen) atoms. The quantitative estimate of drug-likeness (QED) is 0.546. The minimum atomic E-state index is -0.344. The molecule has 0 spiro atoms. The van der Waals surface area contributed by atoms with Crippen molar-refractivity contribution in [2.45, 2.75) is 23.0 Å². The maximum atomic E-state index is 12.8. The highest BCUT2D eigenvalue weighted by Crippen LogP contribution is 2.60. The van der Waals surface area contributed by atoms with Gasteiger partial charge in [0.25, 0.3) is 0 Å². The van der Waals surface area contributed by atoms with E-state index in [0.29, 0.717) is 5.69 Å². The smallest absolute Gasteiger partial charge is 0.244 e. The minimum Gasteiger partial charge on any atom is -0.325 e. The molecule has 2 saturated carbocycles. The fourth-order valence-electron chi connectivity index (χ4n) is 4.55. The lowest BCUT2D eigenvalue weighted by atomic mass is 9.81. The van der Waals surface area contributed by atoms with Crippen LogP contribution in [0.15, 0.2) is 24.3 Å². The van der Waals surface area contributed by atoms with Gasteiger partial charge in [-0.1, -0.05) is 49.6 Å². The van der Waals surface area contributed by atoms with Crippen molar-refractivity contribution in [3.8, 4) is 0 Å². The molecule has 2 aliphatic carbocycles. The summed E-state index contributed by atoms with van der Waals surface area (Å²) in [4.78, 5) is 39.4. The first-order valence-corrected chi connectivity index (χ1v) is 10.2. The third-order valence-electron chi connectivity index (χ3n) is 5.72. The van der Waals surface area contributed by atoms with Crippen molar-refractivity contribution in [1.82, 2.24) is 4.90 Å². The first kappa shape index (κ1) is 17.2. The van der Waals surface area contributed by atoms with Crippen LogP contribution in [0.25, 0.3) is 0 Å². The lowest BCUT2D eigenvalue weighted by Gasteiger charge is -2.28. The maximum absolute atomic E-state index is 12.8. The highest BCUT2D eigenvalue weighted by atomic mass is 79.9. The molecule has 0 radical (unpaired) electrons. The van der Waals surface area contributed by atoms with Crippen molar-refractivity contribution in [2.24, 2.45) is 23.7 Å². The van der Waals surface area contributed by atoms with Crippen molar-refractivity contribution in [3.63, 3.8) is 0 Å². The Morgan fingerprint density at radius 1 is 1.08 bits per heavy atom. The van der Waals surface area contributed by atoms with E-state index in [4.69, 9.17) is 0 Å². The number of halogens is 2. The number of fused-ring (bicyclic) bond motifs is 5. The van der Waals surface area contributed by atoms with Gasteiger partial charge < -0.3 is 5.32 Å². The number of rotatable bonds is 3. The van der Waals surface area contributed by atoms with Crippen molar-refractivity contribution in [2.75, 3.05) is 11.9 Å². The summed E-state index contributed by atoms with van der Waals surface area (Å²) in [5, 5.41) is 2.75. The molecule has 3 aliphatic rings. The van der Waals surface area contributed by atoms with E-state index in [1.54, 1.807) is 12.1 Å². The molecular weight excluding hydrogens is 452 g/mol. The Bertz CT molecular complexity index is 719. The number of alkyl halides is 2. The number of amides is 3. The zero-order valence-electron chi connectivity index (χ0n) is 13.6. The van der Waals surface area contributed by atoms with Gasteiger partial charge in [0, 0.05) is 15.3 Å². The molecule has 1 N–H and O–H groups in total. The number of hydrogen-bond donors (Lipinski definition) is 1. The summed E-state index contributed by atoms with van der Waals surface area (Å²) < 4.78 is 0. The molecule has 2 bridgehead atoms. The Morgan fingerprint density at radius 2 is 1.60 bits per heavy atom. The molecule has 1 saturated heterocycles. The van der Waals surface area contributed by atoms with Gasteiger partial charge in [-0.05, 0) is 37.3 Å². The highest BCUT2D eigenvalue weighted by Gasteiger charge is 2.66. The summed E-state index contributed by atoms with van der Waals surface area (Å²) >= 11 is 7.31. The summed E-state index contributed by atoms with van der Waals surface area (Å²) in [6.45, 7) is 1.76. The van der Waals surface area contributed by atoms with Crippen LogP contribution in [0.1, 0.15) is 12.0 Å². The van der Waals surface area contributed by atoms with Crippen molar-refractivity contribution >= 4 is 55.3 Å². The zero-order valence-corrected chi connectivity index (χ0v) is 16.8. The van der Waals surface area contributed by atoms with Crippen LogP contribution >= 0.6 is 31.9 Å². The Kier molecular flexibility index (Phi) is 4.27. The predicted molar refractivity (Wildman–Crippen MR) is 101 cm³/mol. The molecule has 7 heteroatoms. The molecule has 132 valence electrons. The van der Waals surface area contributed by atoms with E-state index in [9.17, 15) is 14.4 Å². The molecule has 3 fully saturated rings. The number of carbonyl (C=O) groups excluding carboxylic acids is 3. The van der Waals surface area contributed by atoms with E-state index >= 15 is 0 Å². The van der Waals surface area contributed by atoms with Gasteiger partial charge >= 0.3 is 0 Å². The van der Waals surface area contributed by atoms with Gasteiger partial charge in [0.15, 0.2) is 0 Å². The molecular formula is C18H18Br2N2O3. The standard InChI is InChI=1S/C18H18Br2N2O3/c1-8-2-4-9(5-3-8)21-12(23)7-22-17(24)13-10-6-11(14(13)18(22)25)16(20)15(10)19/h2-5,10-11,13-16H,6-7H2,1H3,(H,21,23)/t10-,11-,13-,14-,15-,16+/m0/s1. The first-order valence-electron chi connectivity index (χ1n) is 8.38. The van der Waals surface area contributed by atoms with E-state index in [0.717, 1.165) is 16.9 Å². The Labute approximate surface area is 162 Å². The summed E-state index contributed by atoms with van der Waals surface area (Å²) in [6, 6.07) is 7.41. The second kappa shape index (κ2) is 6.20. The van der Waals surface area contributed by atoms with E-state index in [1.807, 2.05) is 19.1 Å². The van der Waals surface area contributed by atoms with Gasteiger partial charge in [-0.25, -0.2) is 0 Å². The van der Waals surface area contributed by atoms with Gasteiger partial charge in [0.05, 0.1) is 11.8 Å². The molecule has 4 rings (SSSR count). The number of aryl methyl sites for hydroxylation is 1. The minimum absolute atomic E-state index is 0.168. The summed E-state index contributed by atoms with van der Waals surface area (Å²) in [5.74, 6) is -0.938. The van der Waals surface area contributed by atoms with Crippen molar-refractivity contribution in [3.05, 3.63) is 29.8 Å². The molecule has 1 aliphatic heterocycles. The van der Waals surface area contributed by atoms with E-state index < -0.39 is 0 Å². The molecule has 0 unspecified atom stereocenters. The van der Waals surface area contributed by atoms with Gasteiger partial charge in [0.2, 0.25) is 17.7 Å². The number of nitrogens with zero attached hydrogens (tertiary/aromatic N) is 1.